The number of pyridine rings is 1. The fourth-order valence-electron chi connectivity index (χ4n) is 8.52. The van der Waals surface area contributed by atoms with E-state index in [0.717, 1.165) is 38.5 Å². The van der Waals surface area contributed by atoms with Gasteiger partial charge in [-0.2, -0.15) is 0 Å². The first kappa shape index (κ1) is 29.4. The minimum absolute atomic E-state index is 0.140. The average molecular weight is 852 g/mol. The van der Waals surface area contributed by atoms with E-state index in [0.29, 0.717) is 34.0 Å². The van der Waals surface area contributed by atoms with Crippen molar-refractivity contribution in [3.8, 4) is 62.1 Å². The third-order valence-electron chi connectivity index (χ3n) is 12.1. The summed E-state index contributed by atoms with van der Waals surface area (Å²) in [6, 6.07) is 40.8. The van der Waals surface area contributed by atoms with Crippen molar-refractivity contribution in [2.45, 2.75) is 33.6 Å². The molecular formula is C60H48N4O. The van der Waals surface area contributed by atoms with E-state index in [1.807, 2.05) is 104 Å². The number of rotatable bonds is 9. The second-order valence-electron chi connectivity index (χ2n) is 17.0. The second-order valence-corrected chi connectivity index (χ2v) is 17.0. The fourth-order valence-corrected chi connectivity index (χ4v) is 8.52. The topological polar surface area (TPSA) is 35.9 Å². The molecule has 0 N–H and O–H groups in total. The Morgan fingerprint density at radius 1 is 0.600 bits per heavy atom. The van der Waals surface area contributed by atoms with E-state index in [9.17, 15) is 1.37 Å². The zero-order valence-electron chi connectivity index (χ0n) is 47.1. The minimum Gasteiger partial charge on any atom is -0.458 e. The smallest absolute Gasteiger partial charge is 0.269 e. The lowest BCUT2D eigenvalue weighted by Gasteiger charge is -2.27. The van der Waals surface area contributed by atoms with Crippen LogP contribution in [0.25, 0.3) is 83.4 Å². The van der Waals surface area contributed by atoms with Crippen molar-refractivity contribution < 1.29 is 24.4 Å². The minimum atomic E-state index is -0.925. The highest BCUT2D eigenvalue weighted by Gasteiger charge is 2.24. The van der Waals surface area contributed by atoms with Gasteiger partial charge in [0, 0.05) is 24.4 Å². The molecule has 0 saturated carbocycles. The SMILES string of the molecule is [2H]c1c([2H])c([2H])c(-c2cccc(-c3c([2H])c([2H])c([2H])c([2H])c3[2H])c2-[n+]2[c-]n(-c3cccc(Oc4ccc5c6cc(-c7ccccc7)ccc6n(-c6cc(C([2H])(C)C(C)(C)C)ccn6)c5c4)c3)c3ccccc32)c([2H])c1[2H]. The van der Waals surface area contributed by atoms with E-state index in [2.05, 4.69) is 62.0 Å². The molecule has 0 radical (unpaired) electrons. The normalized spacial score (nSPS) is 15.1. The van der Waals surface area contributed by atoms with Gasteiger partial charge < -0.3 is 4.74 Å². The van der Waals surface area contributed by atoms with Crippen molar-refractivity contribution in [2.75, 3.05) is 0 Å². The van der Waals surface area contributed by atoms with Crippen molar-refractivity contribution in [3.05, 3.63) is 224 Å². The van der Waals surface area contributed by atoms with E-state index in [1.54, 1.807) is 33.5 Å². The van der Waals surface area contributed by atoms with Crippen molar-refractivity contribution in [2.24, 2.45) is 5.41 Å². The summed E-state index contributed by atoms with van der Waals surface area (Å²) >= 11 is 0. The maximum absolute atomic E-state index is 9.45. The number of hydrogen-bond donors (Lipinski definition) is 0. The van der Waals surface area contributed by atoms with E-state index in [4.69, 9.17) is 23.4 Å². The third-order valence-corrected chi connectivity index (χ3v) is 12.1. The Bertz CT molecular complexity index is 4040. The van der Waals surface area contributed by atoms with Gasteiger partial charge in [-0.05, 0) is 105 Å². The number of nitrogens with zero attached hydrogens (tertiary/aromatic N) is 4. The lowest BCUT2D eigenvalue weighted by Crippen LogP contribution is -2.31. The molecule has 0 spiro atoms. The zero-order chi connectivity index (χ0) is 53.7. The molecule has 11 aromatic rings. The molecule has 0 aliphatic rings. The lowest BCUT2D eigenvalue weighted by molar-refractivity contribution is -0.571. The summed E-state index contributed by atoms with van der Waals surface area (Å²) < 4.78 is 109. The largest absolute Gasteiger partial charge is 0.458 e. The summed E-state index contributed by atoms with van der Waals surface area (Å²) in [5.41, 5.74) is 6.39. The summed E-state index contributed by atoms with van der Waals surface area (Å²) in [5, 5.41) is 2.00. The molecule has 11 rings (SSSR count). The Morgan fingerprint density at radius 2 is 1.29 bits per heavy atom. The Balaban J connectivity index is 1.07. The van der Waals surface area contributed by atoms with Crippen LogP contribution in [-0.2, 0) is 0 Å². The molecular weight excluding hydrogens is 793 g/mol. The second kappa shape index (κ2) is 16.3. The molecule has 5 nitrogen and oxygen atoms in total. The number of fused-ring (bicyclic) bond motifs is 4. The number of para-hydroxylation sites is 3. The van der Waals surface area contributed by atoms with Crippen LogP contribution in [0.4, 0.5) is 0 Å². The predicted octanol–water partition coefficient (Wildman–Crippen LogP) is 15.1. The van der Waals surface area contributed by atoms with Gasteiger partial charge in [0.05, 0.1) is 47.1 Å². The maximum atomic E-state index is 9.45. The standard InChI is InChI=1S/C60H48N4O/c1-41(60(2,3)4)45-34-35-61-58(37-45)64-54-33-30-46(42-18-8-5-9-19-42)36-53(54)52-32-31-49(39-57(52)64)65-48-25-16-24-47(38-48)62-40-63(56-29-15-14-28-55(56)62)59-50(43-20-10-6-11-21-43)26-17-27-51(59)44-22-12-7-13-23-44/h5-39,41H,1-4H3/i6D,7D,10D,11D,12D,13D,20D,21D,22D,23D,41D. The molecule has 1 atom stereocenters. The van der Waals surface area contributed by atoms with Gasteiger partial charge in [-0.3, -0.25) is 13.7 Å². The van der Waals surface area contributed by atoms with Crippen molar-refractivity contribution in [1.82, 2.24) is 14.1 Å². The van der Waals surface area contributed by atoms with E-state index < -0.39 is 66.3 Å². The molecule has 0 aliphatic carbocycles. The first-order valence-corrected chi connectivity index (χ1v) is 21.4. The Labute approximate surface area is 395 Å². The van der Waals surface area contributed by atoms with Crippen LogP contribution in [0.1, 0.15) is 54.2 Å². The molecule has 8 aromatic carbocycles. The number of imidazole rings is 1. The quantitative estimate of drug-likeness (QED) is 0.107. The number of hydrogen-bond acceptors (Lipinski definition) is 2. The maximum Gasteiger partial charge on any atom is 0.269 e. The highest BCUT2D eigenvalue weighted by atomic mass is 16.5. The highest BCUT2D eigenvalue weighted by Crippen LogP contribution is 2.40. The van der Waals surface area contributed by atoms with Crippen LogP contribution < -0.4 is 9.30 Å². The molecule has 65 heavy (non-hydrogen) atoms. The van der Waals surface area contributed by atoms with Crippen LogP contribution in [0.2, 0.25) is 0 Å². The monoisotopic (exact) mass is 851 g/mol. The summed E-state index contributed by atoms with van der Waals surface area (Å²) in [6.45, 7) is 8.13. The molecule has 314 valence electrons. The number of benzene rings is 8. The van der Waals surface area contributed by atoms with Crippen LogP contribution in [0.3, 0.4) is 0 Å². The van der Waals surface area contributed by atoms with Gasteiger partial charge in [0.15, 0.2) is 0 Å². The van der Waals surface area contributed by atoms with E-state index >= 15 is 0 Å². The van der Waals surface area contributed by atoms with Crippen molar-refractivity contribution in [1.29, 1.82) is 0 Å². The predicted molar refractivity (Wildman–Crippen MR) is 266 cm³/mol. The molecule has 0 amide bonds. The van der Waals surface area contributed by atoms with Crippen LogP contribution in [0.15, 0.2) is 212 Å². The fraction of sp³-hybridized carbons (Fsp3) is 0.100. The molecule has 0 aliphatic heterocycles. The van der Waals surface area contributed by atoms with Gasteiger partial charge in [0.2, 0.25) is 0 Å². The Hall–Kier alpha value is -8.02. The summed E-state index contributed by atoms with van der Waals surface area (Å²) in [4.78, 5) is 4.90. The number of ether oxygens (including phenoxy) is 1. The molecule has 3 aromatic heterocycles. The van der Waals surface area contributed by atoms with Gasteiger partial charge >= 0.3 is 0 Å². The first-order chi connectivity index (χ1) is 36.3. The van der Waals surface area contributed by atoms with Crippen LogP contribution in [0, 0.1) is 11.7 Å². The van der Waals surface area contributed by atoms with Gasteiger partial charge in [0.25, 0.3) is 6.33 Å². The average Bonchev–Trinajstić information content (AvgIpc) is 4.00. The Morgan fingerprint density at radius 3 is 2.03 bits per heavy atom. The van der Waals surface area contributed by atoms with Gasteiger partial charge in [-0.15, -0.1) is 0 Å². The van der Waals surface area contributed by atoms with E-state index in [-0.39, 0.29) is 33.4 Å². The summed E-state index contributed by atoms with van der Waals surface area (Å²) in [7, 11) is 0. The van der Waals surface area contributed by atoms with Crippen LogP contribution >= 0.6 is 0 Å². The van der Waals surface area contributed by atoms with E-state index in [1.165, 1.54) is 0 Å². The molecule has 1 unspecified atom stereocenters. The molecule has 0 bridgehead atoms. The number of aromatic nitrogens is 4. The summed E-state index contributed by atoms with van der Waals surface area (Å²) in [5.74, 6) is 0.766. The van der Waals surface area contributed by atoms with Crippen molar-refractivity contribution >= 4 is 32.8 Å². The van der Waals surface area contributed by atoms with Gasteiger partial charge in [0.1, 0.15) is 17.3 Å². The van der Waals surface area contributed by atoms with Crippen LogP contribution in [0.5, 0.6) is 11.5 Å². The van der Waals surface area contributed by atoms with Gasteiger partial charge in [-0.25, -0.2) is 4.98 Å². The molecule has 0 fully saturated rings. The third kappa shape index (κ3) is 7.35. The molecule has 5 heteroatoms. The van der Waals surface area contributed by atoms with Crippen LogP contribution in [-0.4, -0.2) is 14.1 Å². The van der Waals surface area contributed by atoms with Gasteiger partial charge in [-0.1, -0.05) is 173 Å². The molecule has 3 heterocycles. The highest BCUT2D eigenvalue weighted by molar-refractivity contribution is 6.10. The Kier molecular flexibility index (Phi) is 7.35. The van der Waals surface area contributed by atoms with Crippen molar-refractivity contribution in [3.63, 3.8) is 0 Å². The zero-order valence-corrected chi connectivity index (χ0v) is 36.1. The lowest BCUT2D eigenvalue weighted by atomic mass is 9.78. The molecule has 0 saturated heterocycles. The summed E-state index contributed by atoms with van der Waals surface area (Å²) in [6.07, 6.45) is 5.21. The first-order valence-electron chi connectivity index (χ1n) is 26.9.